The fraction of sp³-hybridized carbons (Fsp3) is 0.231. The standard InChI is InChI=1S/C26H25N3O5/c1-29(14-6-11-24(30)31)25(32)23-13-12-17(15-27-23)28-26(33)34-16-22-20-9-4-2-7-18(20)19-8-3-5-10-21(19)22/h2-5,7-10,12-13,15,22H,6,11,14,16H2,1H3,(H,28,33)(H,30,31). The lowest BCUT2D eigenvalue weighted by Crippen LogP contribution is -2.28. The lowest BCUT2D eigenvalue weighted by molar-refractivity contribution is -0.137. The molecule has 0 radical (unpaired) electrons. The van der Waals surface area contributed by atoms with Crippen LogP contribution in [-0.2, 0) is 9.53 Å². The lowest BCUT2D eigenvalue weighted by atomic mass is 9.98. The maximum absolute atomic E-state index is 12.4. The van der Waals surface area contributed by atoms with E-state index in [4.69, 9.17) is 9.84 Å². The molecule has 0 unspecified atom stereocenters. The molecule has 0 saturated heterocycles. The molecule has 0 atom stereocenters. The van der Waals surface area contributed by atoms with E-state index in [-0.39, 0.29) is 30.5 Å². The molecule has 1 aliphatic carbocycles. The summed E-state index contributed by atoms with van der Waals surface area (Å²) in [6.07, 6.45) is 1.14. The summed E-state index contributed by atoms with van der Waals surface area (Å²) in [5.41, 5.74) is 5.19. The molecule has 8 nitrogen and oxygen atoms in total. The van der Waals surface area contributed by atoms with E-state index in [1.165, 1.54) is 17.2 Å². The molecule has 34 heavy (non-hydrogen) atoms. The molecule has 1 aliphatic rings. The second-order valence-corrected chi connectivity index (χ2v) is 8.11. The highest BCUT2D eigenvalue weighted by Gasteiger charge is 2.29. The van der Waals surface area contributed by atoms with Crippen LogP contribution in [0.3, 0.4) is 0 Å². The first kappa shape index (κ1) is 23.0. The van der Waals surface area contributed by atoms with Crippen molar-refractivity contribution in [3.05, 3.63) is 83.7 Å². The number of fused-ring (bicyclic) bond motifs is 3. The highest BCUT2D eigenvalue weighted by Crippen LogP contribution is 2.44. The van der Waals surface area contributed by atoms with Crippen molar-refractivity contribution >= 4 is 23.7 Å². The number of nitrogens with zero attached hydrogens (tertiary/aromatic N) is 2. The van der Waals surface area contributed by atoms with Gasteiger partial charge >= 0.3 is 12.1 Å². The first-order valence-electron chi connectivity index (χ1n) is 11.0. The van der Waals surface area contributed by atoms with Crippen LogP contribution < -0.4 is 5.32 Å². The van der Waals surface area contributed by atoms with Crippen LogP contribution in [0, 0.1) is 0 Å². The molecule has 1 aromatic heterocycles. The third-order valence-corrected chi connectivity index (χ3v) is 5.80. The summed E-state index contributed by atoms with van der Waals surface area (Å²) in [5.74, 6) is -1.26. The van der Waals surface area contributed by atoms with Crippen molar-refractivity contribution in [2.24, 2.45) is 0 Å². The fourth-order valence-electron chi connectivity index (χ4n) is 4.11. The van der Waals surface area contributed by atoms with E-state index in [9.17, 15) is 14.4 Å². The van der Waals surface area contributed by atoms with Gasteiger partial charge < -0.3 is 14.7 Å². The van der Waals surface area contributed by atoms with E-state index < -0.39 is 12.1 Å². The van der Waals surface area contributed by atoms with Crippen molar-refractivity contribution in [1.29, 1.82) is 0 Å². The number of hydrogen-bond donors (Lipinski definition) is 2. The zero-order chi connectivity index (χ0) is 24.1. The number of carbonyl (C=O) groups excluding carboxylic acids is 2. The predicted molar refractivity (Wildman–Crippen MR) is 127 cm³/mol. The Labute approximate surface area is 197 Å². The summed E-state index contributed by atoms with van der Waals surface area (Å²) >= 11 is 0. The monoisotopic (exact) mass is 459 g/mol. The third kappa shape index (κ3) is 5.06. The number of ether oxygens (including phenoxy) is 1. The number of benzene rings is 2. The number of amides is 2. The van der Waals surface area contributed by atoms with Gasteiger partial charge in [0.1, 0.15) is 12.3 Å². The molecule has 2 N–H and O–H groups in total. The van der Waals surface area contributed by atoms with Crippen LogP contribution in [0.1, 0.15) is 40.4 Å². The Hall–Kier alpha value is -4.20. The van der Waals surface area contributed by atoms with Crippen LogP contribution >= 0.6 is 0 Å². The number of nitrogens with one attached hydrogen (secondary N) is 1. The van der Waals surface area contributed by atoms with E-state index >= 15 is 0 Å². The zero-order valence-corrected chi connectivity index (χ0v) is 18.7. The first-order chi connectivity index (χ1) is 16.4. The molecule has 4 rings (SSSR count). The number of pyridine rings is 1. The quantitative estimate of drug-likeness (QED) is 0.518. The number of aliphatic carboxylic acids is 1. The number of aromatic nitrogens is 1. The van der Waals surface area contributed by atoms with E-state index in [1.807, 2.05) is 24.3 Å². The molecule has 3 aromatic rings. The Bertz CT molecular complexity index is 1160. The van der Waals surface area contributed by atoms with Gasteiger partial charge in [-0.1, -0.05) is 48.5 Å². The van der Waals surface area contributed by atoms with E-state index in [2.05, 4.69) is 34.6 Å². The van der Waals surface area contributed by atoms with Crippen LogP contribution in [0.25, 0.3) is 11.1 Å². The predicted octanol–water partition coefficient (Wildman–Crippen LogP) is 4.38. The van der Waals surface area contributed by atoms with Gasteiger partial charge in [0.25, 0.3) is 5.91 Å². The zero-order valence-electron chi connectivity index (χ0n) is 18.7. The lowest BCUT2D eigenvalue weighted by Gasteiger charge is -2.16. The Kier molecular flexibility index (Phi) is 6.87. The average molecular weight is 460 g/mol. The summed E-state index contributed by atoms with van der Waals surface area (Å²) in [7, 11) is 1.59. The van der Waals surface area contributed by atoms with Crippen LogP contribution in [0.15, 0.2) is 66.9 Å². The largest absolute Gasteiger partial charge is 0.481 e. The van der Waals surface area contributed by atoms with Gasteiger partial charge in [0.2, 0.25) is 0 Å². The molecule has 0 saturated carbocycles. The smallest absolute Gasteiger partial charge is 0.411 e. The summed E-state index contributed by atoms with van der Waals surface area (Å²) in [6, 6.07) is 19.3. The number of rotatable bonds is 8. The number of carboxylic acid groups (broad SMARTS) is 1. The van der Waals surface area contributed by atoms with E-state index in [1.54, 1.807) is 13.1 Å². The second-order valence-electron chi connectivity index (χ2n) is 8.11. The number of hydrogen-bond acceptors (Lipinski definition) is 5. The van der Waals surface area contributed by atoms with Crippen LogP contribution in [0.5, 0.6) is 0 Å². The van der Waals surface area contributed by atoms with E-state index in [0.717, 1.165) is 22.3 Å². The molecule has 0 spiro atoms. The number of carbonyl (C=O) groups is 3. The van der Waals surface area contributed by atoms with Gasteiger partial charge in [0.15, 0.2) is 0 Å². The molecule has 8 heteroatoms. The van der Waals surface area contributed by atoms with Gasteiger partial charge in [-0.15, -0.1) is 0 Å². The van der Waals surface area contributed by atoms with E-state index in [0.29, 0.717) is 18.7 Å². The Morgan fingerprint density at radius 2 is 1.65 bits per heavy atom. The third-order valence-electron chi connectivity index (χ3n) is 5.80. The fourth-order valence-corrected chi connectivity index (χ4v) is 4.11. The Morgan fingerprint density at radius 1 is 1.00 bits per heavy atom. The number of carboxylic acids is 1. The molecular weight excluding hydrogens is 434 g/mol. The molecule has 2 aromatic carbocycles. The molecule has 1 heterocycles. The van der Waals surface area contributed by atoms with Gasteiger partial charge in [-0.25, -0.2) is 9.78 Å². The first-order valence-corrected chi connectivity index (χ1v) is 11.0. The normalized spacial score (nSPS) is 11.9. The minimum Gasteiger partial charge on any atom is -0.481 e. The van der Waals surface area contributed by atoms with Gasteiger partial charge in [0.05, 0.1) is 11.9 Å². The maximum atomic E-state index is 12.4. The average Bonchev–Trinajstić information content (AvgIpc) is 3.16. The topological polar surface area (TPSA) is 109 Å². The van der Waals surface area contributed by atoms with Crippen molar-refractivity contribution < 1.29 is 24.2 Å². The SMILES string of the molecule is CN(CCCC(=O)O)C(=O)c1ccc(NC(=O)OCC2c3ccccc3-c3ccccc32)cn1. The minimum absolute atomic E-state index is 0.00591. The number of anilines is 1. The Balaban J connectivity index is 1.33. The van der Waals surface area contributed by atoms with Crippen molar-refractivity contribution in [1.82, 2.24) is 9.88 Å². The maximum Gasteiger partial charge on any atom is 0.411 e. The van der Waals surface area contributed by atoms with Gasteiger partial charge in [-0.05, 0) is 40.8 Å². The van der Waals surface area contributed by atoms with Crippen molar-refractivity contribution in [3.63, 3.8) is 0 Å². The van der Waals surface area contributed by atoms with Crippen molar-refractivity contribution in [2.75, 3.05) is 25.5 Å². The van der Waals surface area contributed by atoms with Crippen LogP contribution in [-0.4, -0.2) is 53.2 Å². The Morgan fingerprint density at radius 3 is 2.24 bits per heavy atom. The molecular formula is C26H25N3O5. The molecule has 0 bridgehead atoms. The molecule has 2 amide bonds. The summed E-state index contributed by atoms with van der Waals surface area (Å²) < 4.78 is 5.52. The molecule has 174 valence electrons. The highest BCUT2D eigenvalue weighted by atomic mass is 16.5. The van der Waals surface area contributed by atoms with Crippen LogP contribution in [0.4, 0.5) is 10.5 Å². The van der Waals surface area contributed by atoms with Gasteiger partial charge in [-0.3, -0.25) is 14.9 Å². The van der Waals surface area contributed by atoms with Crippen LogP contribution in [0.2, 0.25) is 0 Å². The molecule has 0 fully saturated rings. The summed E-state index contributed by atoms with van der Waals surface area (Å²) in [4.78, 5) is 41.0. The summed E-state index contributed by atoms with van der Waals surface area (Å²) in [6.45, 7) is 0.511. The summed E-state index contributed by atoms with van der Waals surface area (Å²) in [5, 5.41) is 11.4. The second kappa shape index (κ2) is 10.2. The van der Waals surface area contributed by atoms with Crippen molar-refractivity contribution in [2.45, 2.75) is 18.8 Å². The van der Waals surface area contributed by atoms with Gasteiger partial charge in [-0.2, -0.15) is 0 Å². The highest BCUT2D eigenvalue weighted by molar-refractivity contribution is 5.93. The van der Waals surface area contributed by atoms with Gasteiger partial charge in [0, 0.05) is 25.9 Å². The van der Waals surface area contributed by atoms with Crippen molar-refractivity contribution in [3.8, 4) is 11.1 Å². The molecule has 0 aliphatic heterocycles. The minimum atomic E-state index is -0.900.